The van der Waals surface area contributed by atoms with Crippen LogP contribution in [0.15, 0.2) is 24.3 Å². The largest absolute Gasteiger partial charge is 0.497 e. The highest BCUT2D eigenvalue weighted by molar-refractivity contribution is 6.05. The van der Waals surface area contributed by atoms with Gasteiger partial charge in [0.25, 0.3) is 0 Å². The summed E-state index contributed by atoms with van der Waals surface area (Å²) in [4.78, 5) is 22.5. The number of carbonyl (C=O) groups excluding carboxylic acids is 2. The molecule has 0 bridgehead atoms. The minimum atomic E-state index is -0.436. The Bertz CT molecular complexity index is 456. The molecule has 18 heavy (non-hydrogen) atoms. The number of rotatable bonds is 4. The number of benzene rings is 1. The Morgan fingerprint density at radius 2 is 2.00 bits per heavy atom. The fraction of sp³-hybridized carbons (Fsp3) is 0.385. The lowest BCUT2D eigenvalue weighted by atomic mass is 10.1. The van der Waals surface area contributed by atoms with Crippen molar-refractivity contribution in [2.24, 2.45) is 0 Å². The molecule has 96 valence electrons. The van der Waals surface area contributed by atoms with Crippen LogP contribution in [0.3, 0.4) is 0 Å². The van der Waals surface area contributed by atoms with Gasteiger partial charge in [-0.2, -0.15) is 0 Å². The Labute approximate surface area is 106 Å². The first-order valence-electron chi connectivity index (χ1n) is 5.84. The van der Waals surface area contributed by atoms with Crippen molar-refractivity contribution >= 4 is 11.8 Å². The van der Waals surface area contributed by atoms with Crippen molar-refractivity contribution < 1.29 is 14.3 Å². The van der Waals surface area contributed by atoms with Gasteiger partial charge in [-0.25, -0.2) is 0 Å². The van der Waals surface area contributed by atoms with Crippen molar-refractivity contribution in [1.29, 1.82) is 0 Å². The zero-order chi connectivity index (χ0) is 13.1. The summed E-state index contributed by atoms with van der Waals surface area (Å²) in [5.41, 5.74) is 1.04. The topological polar surface area (TPSA) is 67.4 Å². The fourth-order valence-electron chi connectivity index (χ4n) is 1.98. The molecule has 2 atom stereocenters. The molecule has 5 nitrogen and oxygen atoms in total. The lowest BCUT2D eigenvalue weighted by Gasteiger charge is -2.17. The van der Waals surface area contributed by atoms with Crippen LogP contribution in [0.4, 0.5) is 0 Å². The first kappa shape index (κ1) is 12.6. The Morgan fingerprint density at radius 3 is 2.50 bits per heavy atom. The Kier molecular flexibility index (Phi) is 3.62. The second kappa shape index (κ2) is 5.18. The standard InChI is InChI=1S/C13H16N2O3/c1-8(9-3-5-10(18-2)6-4-9)14-11-7-12(16)15-13(11)17/h3-6,8,11,14H,7H2,1-2H3,(H,15,16,17). The van der Waals surface area contributed by atoms with Gasteiger partial charge >= 0.3 is 0 Å². The first-order valence-corrected chi connectivity index (χ1v) is 5.84. The molecule has 2 unspecified atom stereocenters. The van der Waals surface area contributed by atoms with Crippen LogP contribution in [0.25, 0.3) is 0 Å². The van der Waals surface area contributed by atoms with Crippen molar-refractivity contribution in [3.8, 4) is 5.75 Å². The maximum atomic E-state index is 11.4. The summed E-state index contributed by atoms with van der Waals surface area (Å²) < 4.78 is 5.08. The molecule has 0 radical (unpaired) electrons. The Balaban J connectivity index is 2.00. The van der Waals surface area contributed by atoms with Crippen LogP contribution in [-0.2, 0) is 9.59 Å². The average Bonchev–Trinajstić information content (AvgIpc) is 2.68. The fourth-order valence-corrected chi connectivity index (χ4v) is 1.98. The van der Waals surface area contributed by atoms with Crippen LogP contribution in [0.5, 0.6) is 5.75 Å². The lowest BCUT2D eigenvalue weighted by Crippen LogP contribution is -2.37. The van der Waals surface area contributed by atoms with Gasteiger partial charge in [0, 0.05) is 6.04 Å². The van der Waals surface area contributed by atoms with E-state index in [0.717, 1.165) is 11.3 Å². The first-order chi connectivity index (χ1) is 8.60. The van der Waals surface area contributed by atoms with Gasteiger partial charge in [0.05, 0.1) is 19.6 Å². The van der Waals surface area contributed by atoms with Crippen molar-refractivity contribution in [3.05, 3.63) is 29.8 Å². The minimum Gasteiger partial charge on any atom is -0.497 e. The van der Waals surface area contributed by atoms with E-state index >= 15 is 0 Å². The van der Waals surface area contributed by atoms with Gasteiger partial charge in [-0.05, 0) is 24.6 Å². The predicted octanol–water partition coefficient (Wildman–Crippen LogP) is 0.761. The van der Waals surface area contributed by atoms with Crippen LogP contribution in [0.1, 0.15) is 24.9 Å². The summed E-state index contributed by atoms with van der Waals surface area (Å²) in [5.74, 6) is 0.319. The number of imide groups is 1. The molecule has 2 amide bonds. The molecule has 0 spiro atoms. The number of nitrogens with one attached hydrogen (secondary N) is 2. The predicted molar refractivity (Wildman–Crippen MR) is 66.1 cm³/mol. The summed E-state index contributed by atoms with van der Waals surface area (Å²) in [6.07, 6.45) is 0.208. The van der Waals surface area contributed by atoms with E-state index in [4.69, 9.17) is 4.74 Å². The van der Waals surface area contributed by atoms with Crippen LogP contribution < -0.4 is 15.4 Å². The van der Waals surface area contributed by atoms with E-state index in [1.54, 1.807) is 7.11 Å². The number of hydrogen-bond acceptors (Lipinski definition) is 4. The van der Waals surface area contributed by atoms with Gasteiger partial charge < -0.3 is 4.74 Å². The van der Waals surface area contributed by atoms with Crippen molar-refractivity contribution in [2.45, 2.75) is 25.4 Å². The third-order valence-corrected chi connectivity index (χ3v) is 3.04. The number of carbonyl (C=O) groups is 2. The van der Waals surface area contributed by atoms with E-state index in [9.17, 15) is 9.59 Å². The maximum Gasteiger partial charge on any atom is 0.244 e. The van der Waals surface area contributed by atoms with Crippen LogP contribution >= 0.6 is 0 Å². The van der Waals surface area contributed by atoms with Crippen molar-refractivity contribution in [2.75, 3.05) is 7.11 Å². The van der Waals surface area contributed by atoms with Gasteiger partial charge in [-0.3, -0.25) is 20.2 Å². The molecule has 5 heteroatoms. The average molecular weight is 248 g/mol. The second-order valence-corrected chi connectivity index (χ2v) is 4.33. The molecule has 0 aromatic heterocycles. The monoisotopic (exact) mass is 248 g/mol. The van der Waals surface area contributed by atoms with Crippen LogP contribution in [0.2, 0.25) is 0 Å². The Morgan fingerprint density at radius 1 is 1.33 bits per heavy atom. The van der Waals surface area contributed by atoms with Crippen LogP contribution in [-0.4, -0.2) is 25.0 Å². The quantitative estimate of drug-likeness (QED) is 0.772. The molecule has 1 fully saturated rings. The zero-order valence-electron chi connectivity index (χ0n) is 10.4. The molecule has 1 aliphatic heterocycles. The summed E-state index contributed by atoms with van der Waals surface area (Å²) in [6.45, 7) is 1.96. The maximum absolute atomic E-state index is 11.4. The van der Waals surface area contributed by atoms with Crippen molar-refractivity contribution in [3.63, 3.8) is 0 Å². The minimum absolute atomic E-state index is 0.00226. The molecule has 1 heterocycles. The highest BCUT2D eigenvalue weighted by Gasteiger charge is 2.31. The molecular weight excluding hydrogens is 232 g/mol. The van der Waals surface area contributed by atoms with E-state index in [2.05, 4.69) is 10.6 Å². The SMILES string of the molecule is COc1ccc(C(C)NC2CC(=O)NC2=O)cc1. The molecule has 2 N–H and O–H groups in total. The van der Waals surface area contributed by atoms with E-state index in [0.29, 0.717) is 0 Å². The van der Waals surface area contributed by atoms with E-state index in [1.807, 2.05) is 31.2 Å². The zero-order valence-corrected chi connectivity index (χ0v) is 10.4. The normalized spacial score (nSPS) is 20.7. The molecule has 1 saturated heterocycles. The molecule has 2 rings (SSSR count). The van der Waals surface area contributed by atoms with Gasteiger partial charge in [-0.15, -0.1) is 0 Å². The van der Waals surface area contributed by atoms with Gasteiger partial charge in [0.1, 0.15) is 5.75 Å². The second-order valence-electron chi connectivity index (χ2n) is 4.33. The van der Waals surface area contributed by atoms with E-state index in [1.165, 1.54) is 0 Å². The number of hydrogen-bond donors (Lipinski definition) is 2. The summed E-state index contributed by atoms with van der Waals surface area (Å²) in [7, 11) is 1.62. The lowest BCUT2D eigenvalue weighted by molar-refractivity contribution is -0.125. The molecular formula is C13H16N2O3. The van der Waals surface area contributed by atoms with Gasteiger partial charge in [-0.1, -0.05) is 12.1 Å². The Hall–Kier alpha value is -1.88. The molecule has 0 aliphatic carbocycles. The third-order valence-electron chi connectivity index (χ3n) is 3.04. The van der Waals surface area contributed by atoms with E-state index in [-0.39, 0.29) is 24.3 Å². The third kappa shape index (κ3) is 2.68. The van der Waals surface area contributed by atoms with Gasteiger partial charge in [0.15, 0.2) is 0 Å². The number of methoxy groups -OCH3 is 1. The smallest absolute Gasteiger partial charge is 0.244 e. The highest BCUT2D eigenvalue weighted by atomic mass is 16.5. The van der Waals surface area contributed by atoms with Crippen molar-refractivity contribution in [1.82, 2.24) is 10.6 Å². The highest BCUT2D eigenvalue weighted by Crippen LogP contribution is 2.18. The van der Waals surface area contributed by atoms with E-state index < -0.39 is 6.04 Å². The number of amides is 2. The summed E-state index contributed by atoms with van der Waals surface area (Å²) in [6, 6.07) is 7.17. The molecule has 1 aliphatic rings. The molecule has 0 saturated carbocycles. The summed E-state index contributed by atoms with van der Waals surface area (Å²) in [5, 5.41) is 5.42. The van der Waals surface area contributed by atoms with Crippen LogP contribution in [0, 0.1) is 0 Å². The number of ether oxygens (including phenoxy) is 1. The molecule has 1 aromatic carbocycles. The molecule has 1 aromatic rings. The van der Waals surface area contributed by atoms with Gasteiger partial charge in [0.2, 0.25) is 11.8 Å². The summed E-state index contributed by atoms with van der Waals surface area (Å²) >= 11 is 0.